The Morgan fingerprint density at radius 1 is 1.21 bits per heavy atom. The first-order valence-corrected chi connectivity index (χ1v) is 11.5. The number of hydrogen-bond acceptors (Lipinski definition) is 6. The molecular formula is C25H27N4O4+. The van der Waals surface area contributed by atoms with Gasteiger partial charge in [0.05, 0.1) is 28.4 Å². The Morgan fingerprint density at radius 3 is 2.73 bits per heavy atom. The van der Waals surface area contributed by atoms with E-state index in [9.17, 15) is 10.3 Å². The highest BCUT2D eigenvalue weighted by molar-refractivity contribution is 5.87. The van der Waals surface area contributed by atoms with Crippen LogP contribution >= 0.6 is 0 Å². The Hall–Kier alpha value is -3.23. The number of hydrogen-bond donors (Lipinski definition) is 3. The van der Waals surface area contributed by atoms with Gasteiger partial charge in [-0.1, -0.05) is 5.16 Å². The number of rotatable bonds is 5. The van der Waals surface area contributed by atoms with Crippen LogP contribution in [0.4, 0.5) is 0 Å². The molecule has 2 aliphatic rings. The Labute approximate surface area is 190 Å². The summed E-state index contributed by atoms with van der Waals surface area (Å²) in [5.41, 5.74) is 3.85. The van der Waals surface area contributed by atoms with Crippen LogP contribution in [0, 0.1) is 13.8 Å². The average Bonchev–Trinajstić information content (AvgIpc) is 3.18. The first kappa shape index (κ1) is 20.4. The van der Waals surface area contributed by atoms with E-state index in [1.807, 2.05) is 26.0 Å². The predicted octanol–water partition coefficient (Wildman–Crippen LogP) is 3.65. The fourth-order valence-corrected chi connectivity index (χ4v) is 5.13. The average molecular weight is 448 g/mol. The van der Waals surface area contributed by atoms with Crippen molar-refractivity contribution in [3.05, 3.63) is 65.1 Å². The number of benzene rings is 1. The lowest BCUT2D eigenvalue weighted by Crippen LogP contribution is -2.43. The molecule has 8 nitrogen and oxygen atoms in total. The maximum atomic E-state index is 12.5. The van der Waals surface area contributed by atoms with Gasteiger partial charge in [-0.2, -0.15) is 0 Å². The molecule has 2 fully saturated rings. The highest BCUT2D eigenvalue weighted by Gasteiger charge is 2.46. The van der Waals surface area contributed by atoms with E-state index in [4.69, 9.17) is 14.2 Å². The maximum Gasteiger partial charge on any atom is 0.228 e. The van der Waals surface area contributed by atoms with E-state index >= 15 is 0 Å². The van der Waals surface area contributed by atoms with E-state index in [0.29, 0.717) is 35.8 Å². The summed E-state index contributed by atoms with van der Waals surface area (Å²) in [4.78, 5) is 8.44. The normalized spacial score (nSPS) is 20.4. The predicted molar refractivity (Wildman–Crippen MR) is 119 cm³/mol. The van der Waals surface area contributed by atoms with Crippen LogP contribution in [0.1, 0.15) is 60.0 Å². The van der Waals surface area contributed by atoms with Crippen LogP contribution in [0.25, 0.3) is 22.2 Å². The van der Waals surface area contributed by atoms with Gasteiger partial charge in [0.2, 0.25) is 12.4 Å². The van der Waals surface area contributed by atoms with E-state index in [0.717, 1.165) is 57.7 Å². The van der Waals surface area contributed by atoms with Crippen LogP contribution in [0.3, 0.4) is 0 Å². The Bertz CT molecular complexity index is 1330. The van der Waals surface area contributed by atoms with Gasteiger partial charge in [0, 0.05) is 34.4 Å². The van der Waals surface area contributed by atoms with Crippen LogP contribution in [0.5, 0.6) is 0 Å². The molecule has 0 radical (unpaired) electrons. The zero-order valence-electron chi connectivity index (χ0n) is 18.7. The molecule has 2 unspecified atom stereocenters. The lowest BCUT2D eigenvalue weighted by atomic mass is 9.79. The molecule has 33 heavy (non-hydrogen) atoms. The highest BCUT2D eigenvalue weighted by atomic mass is 16.5. The molecule has 0 amide bonds. The smallest absolute Gasteiger partial charge is 0.228 e. The topological polar surface area (TPSA) is 108 Å². The van der Waals surface area contributed by atoms with Gasteiger partial charge in [0.25, 0.3) is 0 Å². The molecule has 3 N–H and O–H groups in total. The number of nitrogens with zero attached hydrogens (tertiary/aromatic N) is 3. The molecule has 1 aliphatic carbocycles. The number of aromatic amines is 1. The molecule has 0 spiro atoms. The van der Waals surface area contributed by atoms with E-state index in [2.05, 4.69) is 16.2 Å². The number of H-pyrrole nitrogens is 1. The lowest BCUT2D eigenvalue weighted by Gasteiger charge is -2.33. The second-order valence-electron chi connectivity index (χ2n) is 9.26. The van der Waals surface area contributed by atoms with E-state index in [-0.39, 0.29) is 0 Å². The number of imidazole rings is 1. The van der Waals surface area contributed by atoms with Crippen molar-refractivity contribution >= 4 is 11.0 Å². The van der Waals surface area contributed by atoms with Gasteiger partial charge in [-0.25, -0.2) is 4.98 Å². The van der Waals surface area contributed by atoms with Gasteiger partial charge in [-0.05, 0) is 63.3 Å². The fourth-order valence-electron chi connectivity index (χ4n) is 5.13. The van der Waals surface area contributed by atoms with Crippen molar-refractivity contribution in [3.63, 3.8) is 0 Å². The molecule has 1 saturated heterocycles. The third-order valence-electron chi connectivity index (χ3n) is 6.92. The third-order valence-corrected chi connectivity index (χ3v) is 6.92. The summed E-state index contributed by atoms with van der Waals surface area (Å²) in [5.74, 6) is 2.09. The summed E-state index contributed by atoms with van der Waals surface area (Å²) in [6.07, 6.45) is 6.38. The van der Waals surface area contributed by atoms with Gasteiger partial charge in [-0.3, -0.25) is 5.21 Å². The van der Waals surface area contributed by atoms with E-state index in [1.54, 1.807) is 6.07 Å². The number of pyridine rings is 1. The van der Waals surface area contributed by atoms with E-state index in [1.165, 1.54) is 12.4 Å². The summed E-state index contributed by atoms with van der Waals surface area (Å²) in [5, 5.41) is 26.8. The SMILES string of the molecule is Cc1noc(C)c1-c1cc(C(O)(c2ccc[n+](O)c2)C2CCCO2)c2nc(C3CC3)[nH]c2c1. The quantitative estimate of drug-likeness (QED) is 0.318. The van der Waals surface area contributed by atoms with Crippen molar-refractivity contribution in [2.75, 3.05) is 6.61 Å². The summed E-state index contributed by atoms with van der Waals surface area (Å²) in [7, 11) is 0. The molecule has 4 aromatic rings. The molecule has 3 aromatic heterocycles. The largest absolute Gasteiger partial charge is 0.377 e. The van der Waals surface area contributed by atoms with Crippen LogP contribution in [-0.2, 0) is 10.3 Å². The summed E-state index contributed by atoms with van der Waals surface area (Å²) in [6.45, 7) is 4.38. The molecule has 1 aliphatic heterocycles. The van der Waals surface area contributed by atoms with Crippen molar-refractivity contribution < 1.29 is 24.3 Å². The maximum absolute atomic E-state index is 12.5. The number of fused-ring (bicyclic) bond motifs is 1. The van der Waals surface area contributed by atoms with Crippen LogP contribution in [-0.4, -0.2) is 38.1 Å². The van der Waals surface area contributed by atoms with Crippen LogP contribution in [0.2, 0.25) is 0 Å². The Morgan fingerprint density at radius 2 is 2.06 bits per heavy atom. The highest BCUT2D eigenvalue weighted by Crippen LogP contribution is 2.45. The number of aromatic nitrogens is 4. The van der Waals surface area contributed by atoms with Crippen LogP contribution < -0.4 is 4.73 Å². The summed E-state index contributed by atoms with van der Waals surface area (Å²) >= 11 is 0. The van der Waals surface area contributed by atoms with Gasteiger partial charge >= 0.3 is 0 Å². The summed E-state index contributed by atoms with van der Waals surface area (Å²) < 4.78 is 12.5. The molecule has 2 atom stereocenters. The minimum absolute atomic E-state index is 0.430. The molecule has 6 rings (SSSR count). The van der Waals surface area contributed by atoms with Crippen molar-refractivity contribution in [3.8, 4) is 11.1 Å². The Balaban J connectivity index is 1.66. The first-order valence-electron chi connectivity index (χ1n) is 11.5. The minimum Gasteiger partial charge on any atom is -0.377 e. The lowest BCUT2D eigenvalue weighted by molar-refractivity contribution is -0.905. The standard InChI is InChI=1S/C25H27N4O4/c1-14-22(15(2)33-28-14)17-11-19(23-20(12-17)26-24(27-23)16-7-8-16)25(30,21-6-4-10-32-21)18-5-3-9-29(31)13-18/h3,5,9,11-13,16,21,30-31H,4,6-8,10H2,1-2H3,(H,26,27)/q+1. The van der Waals surface area contributed by atoms with Crippen molar-refractivity contribution in [2.24, 2.45) is 0 Å². The molecule has 4 heterocycles. The minimum atomic E-state index is -1.51. The second kappa shape index (κ2) is 7.40. The van der Waals surface area contributed by atoms with Crippen molar-refractivity contribution in [1.29, 1.82) is 0 Å². The van der Waals surface area contributed by atoms with Gasteiger partial charge in [-0.15, -0.1) is 0 Å². The van der Waals surface area contributed by atoms with Gasteiger partial charge < -0.3 is 19.4 Å². The second-order valence-corrected chi connectivity index (χ2v) is 9.26. The Kier molecular flexibility index (Phi) is 4.57. The number of aryl methyl sites for hydroxylation is 2. The zero-order valence-corrected chi connectivity index (χ0v) is 18.7. The first-order chi connectivity index (χ1) is 15.9. The van der Waals surface area contributed by atoms with Gasteiger partial charge in [0.1, 0.15) is 17.2 Å². The fraction of sp³-hybridized carbons (Fsp3) is 0.400. The zero-order chi connectivity index (χ0) is 22.7. The molecule has 0 bridgehead atoms. The molecule has 1 aromatic carbocycles. The van der Waals surface area contributed by atoms with Crippen molar-refractivity contribution in [2.45, 2.75) is 57.2 Å². The third kappa shape index (κ3) is 3.24. The number of nitrogens with one attached hydrogen (secondary N) is 1. The van der Waals surface area contributed by atoms with Gasteiger partial charge in [0.15, 0.2) is 0 Å². The summed E-state index contributed by atoms with van der Waals surface area (Å²) in [6, 6.07) is 7.56. The molecular weight excluding hydrogens is 420 g/mol. The molecule has 8 heteroatoms. The number of ether oxygens (including phenoxy) is 1. The van der Waals surface area contributed by atoms with E-state index < -0.39 is 11.7 Å². The van der Waals surface area contributed by atoms with Crippen molar-refractivity contribution in [1.82, 2.24) is 15.1 Å². The molecule has 170 valence electrons. The molecule has 1 saturated carbocycles. The monoisotopic (exact) mass is 447 g/mol. The number of aliphatic hydroxyl groups is 1. The van der Waals surface area contributed by atoms with Crippen LogP contribution in [0.15, 0.2) is 41.2 Å².